The van der Waals surface area contributed by atoms with Gasteiger partial charge in [-0.1, -0.05) is 6.08 Å². The molecule has 7 nitrogen and oxygen atoms in total. The van der Waals surface area contributed by atoms with Crippen molar-refractivity contribution >= 4 is 29.3 Å². The summed E-state index contributed by atoms with van der Waals surface area (Å²) in [5.41, 5.74) is 4.19. The van der Waals surface area contributed by atoms with Crippen molar-refractivity contribution in [3.05, 3.63) is 59.6 Å². The summed E-state index contributed by atoms with van der Waals surface area (Å²) >= 11 is 0. The Morgan fingerprint density at radius 3 is 3.03 bits per heavy atom. The van der Waals surface area contributed by atoms with Gasteiger partial charge in [0.15, 0.2) is 0 Å². The number of hydrogen-bond acceptors (Lipinski definition) is 5. The van der Waals surface area contributed by atoms with E-state index in [-0.39, 0.29) is 11.8 Å². The van der Waals surface area contributed by atoms with Crippen LogP contribution in [0.4, 0.5) is 5.82 Å². The number of allylic oxidation sites excluding steroid dienone is 1. The van der Waals surface area contributed by atoms with Gasteiger partial charge in [-0.15, -0.1) is 0 Å². The number of methoxy groups -OCH3 is 1. The third-order valence-corrected chi connectivity index (χ3v) is 6.33. The number of rotatable bonds is 4. The average Bonchev–Trinajstić information content (AvgIpc) is 3.37. The lowest BCUT2D eigenvalue weighted by Crippen LogP contribution is -2.27. The first-order chi connectivity index (χ1) is 15.1. The molecule has 0 bridgehead atoms. The van der Waals surface area contributed by atoms with Crippen molar-refractivity contribution < 1.29 is 14.3 Å². The maximum Gasteiger partial charge on any atom is 0.246 e. The van der Waals surface area contributed by atoms with Crippen molar-refractivity contribution in [1.29, 1.82) is 0 Å². The van der Waals surface area contributed by atoms with E-state index in [1.54, 1.807) is 25.6 Å². The number of nitrogens with one attached hydrogen (secondary N) is 1. The standard InChI is InChI=1S/C24H24N4O3/c1-31-21-6-7-25-12-20(21)17-9-18-13-28(14-19(18)10-17)23(30)5-2-15-8-16-3-4-22(29)27-24(16)26-11-15/h2,5-9,11-12,18-19H,3-4,10,13-14H2,1H3,(H,26,27,29)/b5-2+. The van der Waals surface area contributed by atoms with Crippen LogP contribution < -0.4 is 10.1 Å². The minimum absolute atomic E-state index is 0.00256. The van der Waals surface area contributed by atoms with E-state index in [0.29, 0.717) is 30.5 Å². The molecule has 1 N–H and O–H groups in total. The van der Waals surface area contributed by atoms with Gasteiger partial charge >= 0.3 is 0 Å². The summed E-state index contributed by atoms with van der Waals surface area (Å²) in [6.07, 6.45) is 13.1. The summed E-state index contributed by atoms with van der Waals surface area (Å²) in [5.74, 6) is 2.29. The summed E-state index contributed by atoms with van der Waals surface area (Å²) in [7, 11) is 1.68. The molecule has 7 heteroatoms. The molecular formula is C24H24N4O3. The molecule has 2 amide bonds. The summed E-state index contributed by atoms with van der Waals surface area (Å²) in [6, 6.07) is 3.87. The van der Waals surface area contributed by atoms with Crippen LogP contribution in [0.2, 0.25) is 0 Å². The molecule has 0 aromatic carbocycles. The quantitative estimate of drug-likeness (QED) is 0.775. The molecule has 1 aliphatic carbocycles. The lowest BCUT2D eigenvalue weighted by atomic mass is 9.98. The third kappa shape index (κ3) is 3.83. The molecule has 2 aromatic heterocycles. The van der Waals surface area contributed by atoms with Crippen LogP contribution >= 0.6 is 0 Å². The number of aryl methyl sites for hydroxylation is 1. The Morgan fingerprint density at radius 1 is 1.29 bits per heavy atom. The van der Waals surface area contributed by atoms with E-state index < -0.39 is 0 Å². The highest BCUT2D eigenvalue weighted by Gasteiger charge is 2.38. The van der Waals surface area contributed by atoms with E-state index in [0.717, 1.165) is 42.0 Å². The number of carbonyl (C=O) groups excluding carboxylic acids is 2. The summed E-state index contributed by atoms with van der Waals surface area (Å²) in [6.45, 7) is 1.49. The highest BCUT2D eigenvalue weighted by Crippen LogP contribution is 2.43. The number of ether oxygens (including phenoxy) is 1. The Bertz CT molecular complexity index is 1110. The van der Waals surface area contributed by atoms with Gasteiger partial charge < -0.3 is 15.0 Å². The molecule has 2 aromatic rings. The number of hydrogen-bond donors (Lipinski definition) is 1. The number of pyridine rings is 2. The Hall–Kier alpha value is -3.48. The zero-order valence-corrected chi connectivity index (χ0v) is 17.4. The molecule has 31 heavy (non-hydrogen) atoms. The second kappa shape index (κ2) is 7.98. The predicted molar refractivity (Wildman–Crippen MR) is 117 cm³/mol. The van der Waals surface area contributed by atoms with E-state index in [1.165, 1.54) is 5.57 Å². The smallest absolute Gasteiger partial charge is 0.246 e. The average molecular weight is 416 g/mol. The zero-order valence-electron chi connectivity index (χ0n) is 17.4. The first-order valence-electron chi connectivity index (χ1n) is 10.6. The van der Waals surface area contributed by atoms with Crippen LogP contribution in [-0.2, 0) is 16.0 Å². The van der Waals surface area contributed by atoms with E-state index in [9.17, 15) is 9.59 Å². The van der Waals surface area contributed by atoms with Gasteiger partial charge in [0, 0.05) is 49.7 Å². The largest absolute Gasteiger partial charge is 0.496 e. The number of likely N-dealkylation sites (tertiary alicyclic amines) is 1. The van der Waals surface area contributed by atoms with Crippen LogP contribution in [0.25, 0.3) is 11.6 Å². The van der Waals surface area contributed by atoms with Gasteiger partial charge in [0.05, 0.1) is 7.11 Å². The second-order valence-electron chi connectivity index (χ2n) is 8.30. The first kappa shape index (κ1) is 19.5. The molecule has 4 heterocycles. The number of carbonyl (C=O) groups is 2. The van der Waals surface area contributed by atoms with Crippen molar-refractivity contribution in [3.8, 4) is 5.75 Å². The van der Waals surface area contributed by atoms with Gasteiger partial charge in [-0.25, -0.2) is 4.98 Å². The Labute approximate surface area is 180 Å². The number of amides is 2. The predicted octanol–water partition coefficient (Wildman–Crippen LogP) is 2.95. The van der Waals surface area contributed by atoms with Crippen LogP contribution in [0, 0.1) is 11.8 Å². The van der Waals surface area contributed by atoms with Crippen molar-refractivity contribution in [2.75, 3.05) is 25.5 Å². The number of aromatic nitrogens is 2. The Morgan fingerprint density at radius 2 is 2.19 bits per heavy atom. The maximum absolute atomic E-state index is 12.7. The minimum atomic E-state index is -0.00256. The molecule has 158 valence electrons. The van der Waals surface area contributed by atoms with Crippen LogP contribution in [-0.4, -0.2) is 46.9 Å². The number of anilines is 1. The first-order valence-corrected chi connectivity index (χ1v) is 10.6. The summed E-state index contributed by atoms with van der Waals surface area (Å²) < 4.78 is 5.47. The van der Waals surface area contributed by atoms with E-state index in [4.69, 9.17) is 4.74 Å². The molecule has 2 atom stereocenters. The van der Waals surface area contributed by atoms with Crippen molar-refractivity contribution in [1.82, 2.24) is 14.9 Å². The molecular weight excluding hydrogens is 392 g/mol. The molecule has 0 spiro atoms. The monoisotopic (exact) mass is 416 g/mol. The molecule has 2 unspecified atom stereocenters. The van der Waals surface area contributed by atoms with Gasteiger partial charge in [0.1, 0.15) is 11.6 Å². The fraction of sp³-hybridized carbons (Fsp3) is 0.333. The third-order valence-electron chi connectivity index (χ3n) is 6.33. The van der Waals surface area contributed by atoms with Crippen LogP contribution in [0.15, 0.2) is 42.9 Å². The molecule has 0 radical (unpaired) electrons. The molecule has 3 aliphatic rings. The molecule has 1 saturated heterocycles. The summed E-state index contributed by atoms with van der Waals surface area (Å²) in [5, 5.41) is 2.78. The van der Waals surface area contributed by atoms with Crippen LogP contribution in [0.3, 0.4) is 0 Å². The Balaban J connectivity index is 1.24. The fourth-order valence-electron chi connectivity index (χ4n) is 4.73. The van der Waals surface area contributed by atoms with E-state index in [1.807, 2.05) is 29.3 Å². The fourth-order valence-corrected chi connectivity index (χ4v) is 4.73. The van der Waals surface area contributed by atoms with Gasteiger partial charge in [-0.05, 0) is 59.6 Å². The highest BCUT2D eigenvalue weighted by molar-refractivity contribution is 5.94. The van der Waals surface area contributed by atoms with E-state index in [2.05, 4.69) is 21.4 Å². The number of nitrogens with zero attached hydrogens (tertiary/aromatic N) is 3. The summed E-state index contributed by atoms with van der Waals surface area (Å²) in [4.78, 5) is 34.7. The minimum Gasteiger partial charge on any atom is -0.496 e. The topological polar surface area (TPSA) is 84.4 Å². The SMILES string of the molecule is COc1ccncc1C1=CC2CN(C(=O)/C=C/c3cnc4c(c3)CCC(=O)N4)CC2C1. The Kier molecular flexibility index (Phi) is 5.02. The van der Waals surface area contributed by atoms with Crippen molar-refractivity contribution in [2.45, 2.75) is 19.3 Å². The van der Waals surface area contributed by atoms with Gasteiger partial charge in [0.2, 0.25) is 11.8 Å². The van der Waals surface area contributed by atoms with Gasteiger partial charge in [-0.2, -0.15) is 0 Å². The highest BCUT2D eigenvalue weighted by atomic mass is 16.5. The molecule has 0 saturated carbocycles. The molecule has 5 rings (SSSR count). The number of fused-ring (bicyclic) bond motifs is 2. The molecule has 1 fully saturated rings. The van der Waals surface area contributed by atoms with Gasteiger partial charge in [-0.3, -0.25) is 14.6 Å². The lowest BCUT2D eigenvalue weighted by Gasteiger charge is -2.16. The molecule has 2 aliphatic heterocycles. The maximum atomic E-state index is 12.7. The van der Waals surface area contributed by atoms with E-state index >= 15 is 0 Å². The van der Waals surface area contributed by atoms with Crippen LogP contribution in [0.5, 0.6) is 5.75 Å². The second-order valence-corrected chi connectivity index (χ2v) is 8.30. The normalized spacial score (nSPS) is 22.2. The zero-order chi connectivity index (χ0) is 21.4. The van der Waals surface area contributed by atoms with Crippen molar-refractivity contribution in [2.24, 2.45) is 11.8 Å². The van der Waals surface area contributed by atoms with Gasteiger partial charge in [0.25, 0.3) is 0 Å². The van der Waals surface area contributed by atoms with Crippen molar-refractivity contribution in [3.63, 3.8) is 0 Å². The lowest BCUT2D eigenvalue weighted by molar-refractivity contribution is -0.125. The van der Waals surface area contributed by atoms with Crippen LogP contribution in [0.1, 0.15) is 29.5 Å².